The van der Waals surface area contributed by atoms with E-state index in [2.05, 4.69) is 15.5 Å². The van der Waals surface area contributed by atoms with Gasteiger partial charge in [0, 0.05) is 6.54 Å². The maximum Gasteiger partial charge on any atom is 0.166 e. The van der Waals surface area contributed by atoms with E-state index in [9.17, 15) is 0 Å². The normalized spacial score (nSPS) is 33.8. The minimum absolute atomic E-state index is 0.411. The Balaban J connectivity index is 1.70. The number of nitrogens with zero attached hydrogens (tertiary/aromatic N) is 4. The highest BCUT2D eigenvalue weighted by molar-refractivity contribution is 6.16. The van der Waals surface area contributed by atoms with Crippen molar-refractivity contribution in [3.63, 3.8) is 0 Å². The summed E-state index contributed by atoms with van der Waals surface area (Å²) >= 11 is 5.77. The second-order valence-corrected chi connectivity index (χ2v) is 5.11. The van der Waals surface area contributed by atoms with Gasteiger partial charge in [0.25, 0.3) is 0 Å². The summed E-state index contributed by atoms with van der Waals surface area (Å²) in [6.07, 6.45) is 5.65. The lowest BCUT2D eigenvalue weighted by molar-refractivity contribution is 0.281. The number of hydrogen-bond acceptors (Lipinski definition) is 3. The van der Waals surface area contributed by atoms with Crippen LogP contribution in [0.4, 0.5) is 0 Å². The van der Waals surface area contributed by atoms with Crippen LogP contribution < -0.4 is 0 Å². The van der Waals surface area contributed by atoms with Crippen LogP contribution in [0.5, 0.6) is 0 Å². The molecule has 1 heterocycles. The molecule has 3 unspecified atom stereocenters. The lowest BCUT2D eigenvalue weighted by Gasteiger charge is -2.21. The van der Waals surface area contributed by atoms with Crippen LogP contribution in [-0.4, -0.2) is 20.2 Å². The van der Waals surface area contributed by atoms with Crippen LogP contribution in [0.2, 0.25) is 0 Å². The first-order valence-electron chi connectivity index (χ1n) is 5.68. The SMILES string of the molecule is ClCc1nnnn1CC1CC2CCC1C2. The van der Waals surface area contributed by atoms with Gasteiger partial charge in [-0.2, -0.15) is 0 Å². The van der Waals surface area contributed by atoms with Gasteiger partial charge in [-0.05, 0) is 47.4 Å². The van der Waals surface area contributed by atoms with E-state index >= 15 is 0 Å². The van der Waals surface area contributed by atoms with Gasteiger partial charge < -0.3 is 0 Å². The Morgan fingerprint density at radius 1 is 1.33 bits per heavy atom. The summed E-state index contributed by atoms with van der Waals surface area (Å²) in [7, 11) is 0. The van der Waals surface area contributed by atoms with Crippen LogP contribution in [0.25, 0.3) is 0 Å². The molecule has 1 aromatic rings. The fourth-order valence-corrected chi connectivity index (χ4v) is 3.47. The lowest BCUT2D eigenvalue weighted by atomic mass is 9.89. The zero-order valence-corrected chi connectivity index (χ0v) is 9.40. The van der Waals surface area contributed by atoms with Gasteiger partial charge in [-0.3, -0.25) is 0 Å². The summed E-state index contributed by atoms with van der Waals surface area (Å²) in [4.78, 5) is 0. The first-order chi connectivity index (χ1) is 7.36. The van der Waals surface area contributed by atoms with Gasteiger partial charge in [-0.25, -0.2) is 4.68 Å². The van der Waals surface area contributed by atoms with E-state index in [1.54, 1.807) is 0 Å². The smallest absolute Gasteiger partial charge is 0.166 e. The van der Waals surface area contributed by atoms with E-state index in [4.69, 9.17) is 11.6 Å². The summed E-state index contributed by atoms with van der Waals surface area (Å²) in [5.74, 6) is 3.90. The highest BCUT2D eigenvalue weighted by Crippen LogP contribution is 2.48. The second-order valence-electron chi connectivity index (χ2n) is 4.85. The Labute approximate surface area is 94.0 Å². The van der Waals surface area contributed by atoms with Gasteiger partial charge in [0.2, 0.25) is 0 Å². The van der Waals surface area contributed by atoms with Gasteiger partial charge in [0.1, 0.15) is 0 Å². The quantitative estimate of drug-likeness (QED) is 0.739. The largest absolute Gasteiger partial charge is 0.228 e. The van der Waals surface area contributed by atoms with Crippen LogP contribution in [0.1, 0.15) is 31.5 Å². The molecule has 82 valence electrons. The third-order valence-corrected chi connectivity index (χ3v) is 4.26. The fourth-order valence-electron chi connectivity index (χ4n) is 3.28. The number of hydrogen-bond donors (Lipinski definition) is 0. The average Bonchev–Trinajstić information content (AvgIpc) is 2.92. The van der Waals surface area contributed by atoms with E-state index in [0.717, 1.165) is 30.1 Å². The molecule has 3 rings (SSSR count). The third-order valence-electron chi connectivity index (χ3n) is 4.02. The molecular formula is C10H15ClN4. The zero-order valence-electron chi connectivity index (χ0n) is 8.64. The molecule has 5 heteroatoms. The predicted molar refractivity (Wildman–Crippen MR) is 56.3 cm³/mol. The molecule has 0 aromatic carbocycles. The first kappa shape index (κ1) is 9.58. The lowest BCUT2D eigenvalue weighted by Crippen LogP contribution is -2.19. The third kappa shape index (κ3) is 1.65. The Morgan fingerprint density at radius 2 is 2.27 bits per heavy atom. The molecule has 0 N–H and O–H groups in total. The summed E-state index contributed by atoms with van der Waals surface area (Å²) in [6.45, 7) is 0.968. The van der Waals surface area contributed by atoms with Gasteiger partial charge >= 0.3 is 0 Å². The molecule has 2 fully saturated rings. The number of aromatic nitrogens is 4. The van der Waals surface area contributed by atoms with Gasteiger partial charge in [0.05, 0.1) is 5.88 Å². The maximum absolute atomic E-state index is 5.77. The Morgan fingerprint density at radius 3 is 2.93 bits per heavy atom. The van der Waals surface area contributed by atoms with E-state index in [0.29, 0.717) is 5.88 Å². The molecule has 0 aliphatic heterocycles. The van der Waals surface area contributed by atoms with Crippen molar-refractivity contribution in [3.05, 3.63) is 5.82 Å². The Hall–Kier alpha value is -0.640. The van der Waals surface area contributed by atoms with Crippen molar-refractivity contribution in [2.24, 2.45) is 17.8 Å². The van der Waals surface area contributed by atoms with Crippen molar-refractivity contribution in [3.8, 4) is 0 Å². The number of alkyl halides is 1. The van der Waals surface area contributed by atoms with Crippen LogP contribution in [0, 0.1) is 17.8 Å². The zero-order chi connectivity index (χ0) is 10.3. The van der Waals surface area contributed by atoms with E-state index in [1.165, 1.54) is 25.7 Å². The van der Waals surface area contributed by atoms with Gasteiger partial charge in [-0.1, -0.05) is 6.42 Å². The van der Waals surface area contributed by atoms with E-state index in [-0.39, 0.29) is 0 Å². The molecule has 0 spiro atoms. The highest BCUT2D eigenvalue weighted by Gasteiger charge is 2.39. The Kier molecular flexibility index (Phi) is 2.39. The molecule has 1 aromatic heterocycles. The molecule has 2 aliphatic carbocycles. The molecular weight excluding hydrogens is 212 g/mol. The van der Waals surface area contributed by atoms with Crippen molar-refractivity contribution >= 4 is 11.6 Å². The topological polar surface area (TPSA) is 43.6 Å². The van der Waals surface area contributed by atoms with E-state index < -0.39 is 0 Å². The molecule has 0 radical (unpaired) electrons. The molecule has 0 saturated heterocycles. The number of fused-ring (bicyclic) bond motifs is 2. The van der Waals surface area contributed by atoms with Crippen LogP contribution >= 0.6 is 11.6 Å². The van der Waals surface area contributed by atoms with Crippen molar-refractivity contribution in [2.45, 2.75) is 38.1 Å². The summed E-state index contributed by atoms with van der Waals surface area (Å²) in [5.41, 5.74) is 0. The molecule has 2 aliphatic rings. The van der Waals surface area contributed by atoms with Crippen molar-refractivity contribution in [1.82, 2.24) is 20.2 Å². The minimum atomic E-state index is 0.411. The number of halogens is 1. The van der Waals surface area contributed by atoms with Gasteiger partial charge in [0.15, 0.2) is 5.82 Å². The second kappa shape index (κ2) is 3.74. The fraction of sp³-hybridized carbons (Fsp3) is 0.900. The molecule has 0 amide bonds. The predicted octanol–water partition coefficient (Wildman–Crippen LogP) is 1.85. The molecule has 2 saturated carbocycles. The highest BCUT2D eigenvalue weighted by atomic mass is 35.5. The van der Waals surface area contributed by atoms with Crippen LogP contribution in [-0.2, 0) is 12.4 Å². The van der Waals surface area contributed by atoms with E-state index in [1.807, 2.05) is 4.68 Å². The summed E-state index contributed by atoms with van der Waals surface area (Å²) in [6, 6.07) is 0. The average molecular weight is 227 g/mol. The maximum atomic E-state index is 5.77. The standard InChI is InChI=1S/C10H15ClN4/c11-5-10-12-13-14-15(10)6-9-4-7-1-2-8(9)3-7/h7-9H,1-6H2. The molecule has 15 heavy (non-hydrogen) atoms. The first-order valence-corrected chi connectivity index (χ1v) is 6.21. The monoisotopic (exact) mass is 226 g/mol. The molecule has 3 atom stereocenters. The van der Waals surface area contributed by atoms with Crippen molar-refractivity contribution < 1.29 is 0 Å². The van der Waals surface area contributed by atoms with Crippen LogP contribution in [0.3, 0.4) is 0 Å². The minimum Gasteiger partial charge on any atom is -0.228 e. The number of tetrazole rings is 1. The van der Waals surface area contributed by atoms with Crippen molar-refractivity contribution in [1.29, 1.82) is 0 Å². The number of rotatable bonds is 3. The Bertz CT molecular complexity index is 351. The van der Waals surface area contributed by atoms with Gasteiger partial charge in [-0.15, -0.1) is 16.7 Å². The summed E-state index contributed by atoms with van der Waals surface area (Å²) in [5, 5.41) is 11.6. The molecule has 4 nitrogen and oxygen atoms in total. The van der Waals surface area contributed by atoms with Crippen molar-refractivity contribution in [2.75, 3.05) is 0 Å². The molecule has 2 bridgehead atoms. The van der Waals surface area contributed by atoms with Crippen LogP contribution in [0.15, 0.2) is 0 Å². The summed E-state index contributed by atoms with van der Waals surface area (Å²) < 4.78 is 1.89.